The number of hydrogen-bond donors (Lipinski definition) is 2. The molecule has 0 aromatic heterocycles. The summed E-state index contributed by atoms with van der Waals surface area (Å²) < 4.78 is 18.7. The fourth-order valence-electron chi connectivity index (χ4n) is 3.09. The van der Waals surface area contributed by atoms with Gasteiger partial charge in [-0.25, -0.2) is 4.39 Å². The maximum absolute atomic E-state index is 13.2. The van der Waals surface area contributed by atoms with Crippen LogP contribution in [0.25, 0.3) is 6.08 Å². The Morgan fingerprint density at radius 3 is 2.65 bits per heavy atom. The Labute approximate surface area is 153 Å². The standard InChI is InChI=1S/C21H23FN2O2/c22-19-8-4-5-17(15-19)9-10-21(25)23-20(18-6-2-1-3-7-18)16-24-11-13-26-14-12-24/h1-10,15,20H,11-14,16H2,(H,23,25)/p+1/b10-9+/t20-/m1/s1. The minimum Gasteiger partial charge on any atom is -0.370 e. The first kappa shape index (κ1) is 18.3. The van der Waals surface area contributed by atoms with Crippen LogP contribution in [0.3, 0.4) is 0 Å². The summed E-state index contributed by atoms with van der Waals surface area (Å²) in [6.45, 7) is 4.21. The molecule has 1 aliphatic heterocycles. The average molecular weight is 355 g/mol. The fourth-order valence-corrected chi connectivity index (χ4v) is 3.09. The van der Waals surface area contributed by atoms with Crippen molar-refractivity contribution in [2.45, 2.75) is 6.04 Å². The molecule has 5 heteroatoms. The number of morpholine rings is 1. The predicted molar refractivity (Wildman–Crippen MR) is 99.1 cm³/mol. The van der Waals surface area contributed by atoms with Gasteiger partial charge in [-0.05, 0) is 29.3 Å². The molecule has 4 nitrogen and oxygen atoms in total. The Kier molecular flexibility index (Phi) is 6.52. The van der Waals surface area contributed by atoms with Crippen molar-refractivity contribution in [3.63, 3.8) is 0 Å². The summed E-state index contributed by atoms with van der Waals surface area (Å²) in [7, 11) is 0. The summed E-state index contributed by atoms with van der Waals surface area (Å²) >= 11 is 0. The first-order chi connectivity index (χ1) is 12.7. The van der Waals surface area contributed by atoms with E-state index in [4.69, 9.17) is 4.74 Å². The third-order valence-corrected chi connectivity index (χ3v) is 4.49. The Morgan fingerprint density at radius 1 is 1.15 bits per heavy atom. The molecule has 0 unspecified atom stereocenters. The second-order valence-electron chi connectivity index (χ2n) is 6.43. The number of ether oxygens (including phenoxy) is 1. The molecule has 1 fully saturated rings. The van der Waals surface area contributed by atoms with E-state index in [1.807, 2.05) is 30.3 Å². The van der Waals surface area contributed by atoms with Crippen LogP contribution < -0.4 is 10.2 Å². The highest BCUT2D eigenvalue weighted by Gasteiger charge is 2.22. The highest BCUT2D eigenvalue weighted by molar-refractivity contribution is 5.92. The van der Waals surface area contributed by atoms with Gasteiger partial charge in [0.15, 0.2) is 0 Å². The maximum atomic E-state index is 13.2. The molecule has 0 radical (unpaired) electrons. The van der Waals surface area contributed by atoms with Crippen molar-refractivity contribution in [1.82, 2.24) is 5.32 Å². The van der Waals surface area contributed by atoms with Gasteiger partial charge in [0.05, 0.1) is 13.2 Å². The Bertz CT molecular complexity index is 743. The summed E-state index contributed by atoms with van der Waals surface area (Å²) in [5.74, 6) is -0.499. The van der Waals surface area contributed by atoms with Crippen LogP contribution in [0.15, 0.2) is 60.7 Å². The third-order valence-electron chi connectivity index (χ3n) is 4.49. The Morgan fingerprint density at radius 2 is 1.92 bits per heavy atom. The molecule has 0 spiro atoms. The molecule has 1 aliphatic rings. The first-order valence-electron chi connectivity index (χ1n) is 8.91. The number of hydrogen-bond acceptors (Lipinski definition) is 2. The van der Waals surface area contributed by atoms with Crippen LogP contribution in [-0.4, -0.2) is 38.8 Å². The van der Waals surface area contributed by atoms with Gasteiger partial charge in [-0.3, -0.25) is 4.79 Å². The van der Waals surface area contributed by atoms with Crippen molar-refractivity contribution in [3.8, 4) is 0 Å². The highest BCUT2D eigenvalue weighted by Crippen LogP contribution is 2.11. The van der Waals surface area contributed by atoms with E-state index in [0.29, 0.717) is 5.56 Å². The van der Waals surface area contributed by atoms with Gasteiger partial charge in [0.1, 0.15) is 31.5 Å². The number of carbonyl (C=O) groups excluding carboxylic acids is 1. The van der Waals surface area contributed by atoms with Gasteiger partial charge in [0, 0.05) is 6.08 Å². The fraction of sp³-hybridized carbons (Fsp3) is 0.286. The zero-order valence-corrected chi connectivity index (χ0v) is 14.7. The van der Waals surface area contributed by atoms with Crippen LogP contribution >= 0.6 is 0 Å². The van der Waals surface area contributed by atoms with Gasteiger partial charge in [0.25, 0.3) is 0 Å². The lowest BCUT2D eigenvalue weighted by Gasteiger charge is -2.28. The summed E-state index contributed by atoms with van der Waals surface area (Å²) in [5.41, 5.74) is 1.74. The minimum absolute atomic E-state index is 0.0750. The number of benzene rings is 2. The van der Waals surface area contributed by atoms with Crippen molar-refractivity contribution < 1.29 is 18.8 Å². The molecule has 1 heterocycles. The Balaban J connectivity index is 1.67. The summed E-state index contributed by atoms with van der Waals surface area (Å²) in [5, 5.41) is 3.08. The Hall–Kier alpha value is -2.50. The van der Waals surface area contributed by atoms with Crippen LogP contribution in [0.2, 0.25) is 0 Å². The molecular weight excluding hydrogens is 331 g/mol. The monoisotopic (exact) mass is 355 g/mol. The van der Waals surface area contributed by atoms with Gasteiger partial charge in [0.2, 0.25) is 5.91 Å². The van der Waals surface area contributed by atoms with E-state index in [-0.39, 0.29) is 17.8 Å². The molecule has 1 amide bonds. The van der Waals surface area contributed by atoms with Crippen molar-refractivity contribution >= 4 is 12.0 Å². The van der Waals surface area contributed by atoms with Gasteiger partial charge in [-0.15, -0.1) is 0 Å². The molecule has 2 aromatic carbocycles. The molecule has 26 heavy (non-hydrogen) atoms. The first-order valence-corrected chi connectivity index (χ1v) is 8.91. The normalized spacial score (nSPS) is 16.5. The van der Waals surface area contributed by atoms with E-state index in [1.165, 1.54) is 23.1 Å². The number of rotatable bonds is 6. The second kappa shape index (κ2) is 9.27. The lowest BCUT2D eigenvalue weighted by Crippen LogP contribution is -3.14. The van der Waals surface area contributed by atoms with Crippen LogP contribution in [-0.2, 0) is 9.53 Å². The predicted octanol–water partition coefficient (Wildman–Crippen LogP) is 1.61. The topological polar surface area (TPSA) is 42.8 Å². The van der Waals surface area contributed by atoms with Crippen molar-refractivity contribution in [2.75, 3.05) is 32.8 Å². The van der Waals surface area contributed by atoms with Gasteiger partial charge in [-0.1, -0.05) is 42.5 Å². The van der Waals surface area contributed by atoms with Gasteiger partial charge >= 0.3 is 0 Å². The SMILES string of the molecule is O=C(/C=C/c1cccc(F)c1)N[C@H](C[NH+]1CCOCC1)c1ccccc1. The molecule has 2 aromatic rings. The number of quaternary nitrogens is 1. The largest absolute Gasteiger partial charge is 0.370 e. The smallest absolute Gasteiger partial charge is 0.244 e. The van der Waals surface area contributed by atoms with E-state index < -0.39 is 0 Å². The molecule has 0 bridgehead atoms. The van der Waals surface area contributed by atoms with Crippen LogP contribution in [0, 0.1) is 5.82 Å². The molecule has 2 N–H and O–H groups in total. The molecule has 0 aliphatic carbocycles. The summed E-state index contributed by atoms with van der Waals surface area (Å²) in [4.78, 5) is 13.8. The number of carbonyl (C=O) groups is 1. The molecular formula is C21H24FN2O2+. The highest BCUT2D eigenvalue weighted by atomic mass is 19.1. The quantitative estimate of drug-likeness (QED) is 0.773. The van der Waals surface area contributed by atoms with Crippen LogP contribution in [0.1, 0.15) is 17.2 Å². The zero-order valence-electron chi connectivity index (χ0n) is 14.7. The second-order valence-corrected chi connectivity index (χ2v) is 6.43. The van der Waals surface area contributed by atoms with Crippen molar-refractivity contribution in [2.24, 2.45) is 0 Å². The lowest BCUT2D eigenvalue weighted by atomic mass is 10.1. The van der Waals surface area contributed by atoms with E-state index in [0.717, 1.165) is 38.4 Å². The third kappa shape index (κ3) is 5.51. The number of nitrogens with one attached hydrogen (secondary N) is 2. The number of amides is 1. The molecule has 136 valence electrons. The van der Waals surface area contributed by atoms with Gasteiger partial charge < -0.3 is 15.0 Å². The zero-order chi connectivity index (χ0) is 18.2. The average Bonchev–Trinajstić information content (AvgIpc) is 2.67. The lowest BCUT2D eigenvalue weighted by molar-refractivity contribution is -0.909. The van der Waals surface area contributed by atoms with E-state index in [9.17, 15) is 9.18 Å². The van der Waals surface area contributed by atoms with Crippen molar-refractivity contribution in [3.05, 3.63) is 77.6 Å². The van der Waals surface area contributed by atoms with E-state index >= 15 is 0 Å². The van der Waals surface area contributed by atoms with Crippen LogP contribution in [0.5, 0.6) is 0 Å². The van der Waals surface area contributed by atoms with E-state index in [2.05, 4.69) is 5.32 Å². The molecule has 1 saturated heterocycles. The summed E-state index contributed by atoms with van der Waals surface area (Å²) in [6.07, 6.45) is 3.08. The minimum atomic E-state index is -0.314. The summed E-state index contributed by atoms with van der Waals surface area (Å²) in [6, 6.07) is 16.1. The van der Waals surface area contributed by atoms with E-state index in [1.54, 1.807) is 18.2 Å². The number of halogens is 1. The molecule has 0 saturated carbocycles. The molecule has 1 atom stereocenters. The van der Waals surface area contributed by atoms with Crippen LogP contribution in [0.4, 0.5) is 4.39 Å². The maximum Gasteiger partial charge on any atom is 0.244 e. The van der Waals surface area contributed by atoms with Gasteiger partial charge in [-0.2, -0.15) is 0 Å². The molecule has 3 rings (SSSR count). The van der Waals surface area contributed by atoms with Crippen molar-refractivity contribution in [1.29, 1.82) is 0 Å².